The first-order chi connectivity index (χ1) is 7.72. The lowest BCUT2D eigenvalue weighted by molar-refractivity contribution is 0.545. The quantitative estimate of drug-likeness (QED) is 0.770. The van der Waals surface area contributed by atoms with Crippen LogP contribution in [0.5, 0.6) is 0 Å². The van der Waals surface area contributed by atoms with Crippen molar-refractivity contribution < 1.29 is 0 Å². The van der Waals surface area contributed by atoms with Gasteiger partial charge in [0, 0.05) is 10.5 Å². The van der Waals surface area contributed by atoms with Crippen molar-refractivity contribution in [3.8, 4) is 0 Å². The van der Waals surface area contributed by atoms with Crippen molar-refractivity contribution in [2.24, 2.45) is 0 Å². The monoisotopic (exact) mass is 301 g/mol. The predicted molar refractivity (Wildman–Crippen MR) is 78.3 cm³/mol. The summed E-state index contributed by atoms with van der Waals surface area (Å²) in [6.07, 6.45) is 4.52. The van der Waals surface area contributed by atoms with Crippen LogP contribution in [0.4, 0.5) is 0 Å². The summed E-state index contributed by atoms with van der Waals surface area (Å²) >= 11 is 5.37. The first-order valence-electron chi connectivity index (χ1n) is 5.69. The molecule has 1 unspecified atom stereocenters. The van der Waals surface area contributed by atoms with Crippen molar-refractivity contribution >= 4 is 27.7 Å². The van der Waals surface area contributed by atoms with Crippen LogP contribution in [0.1, 0.15) is 18.9 Å². The third kappa shape index (κ3) is 5.92. The highest BCUT2D eigenvalue weighted by Gasteiger charge is 2.02. The molecule has 16 heavy (non-hydrogen) atoms. The van der Waals surface area contributed by atoms with Crippen molar-refractivity contribution in [3.63, 3.8) is 0 Å². The van der Waals surface area contributed by atoms with Gasteiger partial charge in [-0.3, -0.25) is 0 Å². The zero-order valence-corrected chi connectivity index (χ0v) is 12.4. The van der Waals surface area contributed by atoms with Crippen LogP contribution in [0, 0.1) is 0 Å². The number of halogens is 1. The van der Waals surface area contributed by atoms with Gasteiger partial charge in [-0.05, 0) is 56.0 Å². The lowest BCUT2D eigenvalue weighted by Gasteiger charge is -2.13. The molecule has 0 aliphatic heterocycles. The second-order valence-corrected chi connectivity index (χ2v) is 5.93. The molecule has 1 aromatic rings. The Labute approximate surface area is 112 Å². The zero-order valence-electron chi connectivity index (χ0n) is 10.0. The van der Waals surface area contributed by atoms with Crippen LogP contribution in [-0.2, 0) is 6.42 Å². The van der Waals surface area contributed by atoms with Crippen molar-refractivity contribution in [3.05, 3.63) is 34.3 Å². The maximum Gasteiger partial charge on any atom is 0.0175 e. The van der Waals surface area contributed by atoms with E-state index in [1.165, 1.54) is 17.7 Å². The van der Waals surface area contributed by atoms with E-state index in [4.69, 9.17) is 0 Å². The minimum Gasteiger partial charge on any atom is -0.314 e. The Morgan fingerprint density at radius 3 is 2.62 bits per heavy atom. The summed E-state index contributed by atoms with van der Waals surface area (Å²) in [7, 11) is 0. The first-order valence-corrected chi connectivity index (χ1v) is 7.88. The van der Waals surface area contributed by atoms with E-state index in [1.807, 2.05) is 11.8 Å². The predicted octanol–water partition coefficient (Wildman–Crippen LogP) is 3.72. The molecule has 1 nitrogen and oxygen atoms in total. The van der Waals surface area contributed by atoms with E-state index >= 15 is 0 Å². The van der Waals surface area contributed by atoms with Crippen LogP contribution < -0.4 is 5.32 Å². The molecule has 1 N–H and O–H groups in total. The summed E-state index contributed by atoms with van der Waals surface area (Å²) in [5, 5.41) is 3.56. The zero-order chi connectivity index (χ0) is 11.8. The Morgan fingerprint density at radius 2 is 2.00 bits per heavy atom. The average molecular weight is 302 g/mol. The fraction of sp³-hybridized carbons (Fsp3) is 0.538. The highest BCUT2D eigenvalue weighted by atomic mass is 79.9. The van der Waals surface area contributed by atoms with Crippen molar-refractivity contribution in [1.82, 2.24) is 5.32 Å². The molecule has 0 spiro atoms. The molecule has 0 aliphatic rings. The molecule has 1 atom stereocenters. The van der Waals surface area contributed by atoms with Crippen LogP contribution in [-0.4, -0.2) is 24.6 Å². The van der Waals surface area contributed by atoms with Crippen LogP contribution in [0.25, 0.3) is 0 Å². The molecule has 0 bridgehead atoms. The fourth-order valence-electron chi connectivity index (χ4n) is 1.61. The number of benzene rings is 1. The maximum absolute atomic E-state index is 3.56. The Morgan fingerprint density at radius 1 is 1.31 bits per heavy atom. The van der Waals surface area contributed by atoms with Gasteiger partial charge in [-0.2, -0.15) is 11.8 Å². The average Bonchev–Trinajstić information content (AvgIpc) is 2.28. The lowest BCUT2D eigenvalue weighted by atomic mass is 10.1. The van der Waals surface area contributed by atoms with E-state index in [2.05, 4.69) is 58.7 Å². The van der Waals surface area contributed by atoms with E-state index in [-0.39, 0.29) is 0 Å². The van der Waals surface area contributed by atoms with Crippen LogP contribution in [0.3, 0.4) is 0 Å². The molecule has 0 fully saturated rings. The number of thioether (sulfide) groups is 1. The Hall–Kier alpha value is 0.01000. The summed E-state index contributed by atoms with van der Waals surface area (Å²) in [5.41, 5.74) is 1.40. The molecular weight excluding hydrogens is 282 g/mol. The van der Waals surface area contributed by atoms with Crippen LogP contribution >= 0.6 is 27.7 Å². The molecule has 90 valence electrons. The molecular formula is C13H20BrNS. The van der Waals surface area contributed by atoms with E-state index < -0.39 is 0 Å². The molecule has 0 saturated carbocycles. The minimum absolute atomic E-state index is 0.558. The highest BCUT2D eigenvalue weighted by molar-refractivity contribution is 9.10. The largest absolute Gasteiger partial charge is 0.314 e. The van der Waals surface area contributed by atoms with Gasteiger partial charge in [0.1, 0.15) is 0 Å². The molecule has 0 amide bonds. The van der Waals surface area contributed by atoms with Gasteiger partial charge in [-0.1, -0.05) is 28.1 Å². The summed E-state index contributed by atoms with van der Waals surface area (Å²) < 4.78 is 1.15. The molecule has 0 aromatic heterocycles. The van der Waals surface area contributed by atoms with Gasteiger partial charge in [0.25, 0.3) is 0 Å². The van der Waals surface area contributed by atoms with Crippen molar-refractivity contribution in [2.75, 3.05) is 18.6 Å². The SMILES string of the molecule is CSCCCNC(C)Cc1ccc(Br)cc1. The van der Waals surface area contributed by atoms with Gasteiger partial charge in [0.2, 0.25) is 0 Å². The molecule has 3 heteroatoms. The van der Waals surface area contributed by atoms with E-state index in [0.29, 0.717) is 6.04 Å². The van der Waals surface area contributed by atoms with Crippen LogP contribution in [0.15, 0.2) is 28.7 Å². The standard InChI is InChI=1S/C13H20BrNS/c1-11(15-8-3-9-16-2)10-12-4-6-13(14)7-5-12/h4-7,11,15H,3,8-10H2,1-2H3. The molecule has 0 aliphatic carbocycles. The van der Waals surface area contributed by atoms with E-state index in [1.54, 1.807) is 0 Å². The summed E-state index contributed by atoms with van der Waals surface area (Å²) in [5.74, 6) is 1.25. The number of rotatable bonds is 7. The topological polar surface area (TPSA) is 12.0 Å². The van der Waals surface area contributed by atoms with Gasteiger partial charge in [0.15, 0.2) is 0 Å². The molecule has 0 saturated heterocycles. The van der Waals surface area contributed by atoms with Gasteiger partial charge in [0.05, 0.1) is 0 Å². The van der Waals surface area contributed by atoms with Crippen molar-refractivity contribution in [1.29, 1.82) is 0 Å². The van der Waals surface area contributed by atoms with E-state index in [0.717, 1.165) is 17.4 Å². The van der Waals surface area contributed by atoms with Crippen molar-refractivity contribution in [2.45, 2.75) is 25.8 Å². The molecule has 1 aromatic carbocycles. The normalized spacial score (nSPS) is 12.7. The maximum atomic E-state index is 3.56. The third-order valence-corrected chi connectivity index (χ3v) is 3.70. The first kappa shape index (κ1) is 14.1. The molecule has 1 rings (SSSR count). The molecule has 0 radical (unpaired) electrons. The van der Waals surface area contributed by atoms with Gasteiger partial charge >= 0.3 is 0 Å². The van der Waals surface area contributed by atoms with E-state index in [9.17, 15) is 0 Å². The Bertz CT molecular complexity index is 286. The summed E-state index contributed by atoms with van der Waals surface area (Å²) in [6, 6.07) is 9.14. The lowest BCUT2D eigenvalue weighted by Crippen LogP contribution is -2.29. The highest BCUT2D eigenvalue weighted by Crippen LogP contribution is 2.11. The number of hydrogen-bond acceptors (Lipinski definition) is 2. The van der Waals surface area contributed by atoms with Gasteiger partial charge in [-0.15, -0.1) is 0 Å². The van der Waals surface area contributed by atoms with Gasteiger partial charge < -0.3 is 5.32 Å². The third-order valence-electron chi connectivity index (χ3n) is 2.47. The Balaban J connectivity index is 2.23. The summed E-state index contributed by atoms with van der Waals surface area (Å²) in [4.78, 5) is 0. The number of hydrogen-bond donors (Lipinski definition) is 1. The molecule has 0 heterocycles. The smallest absolute Gasteiger partial charge is 0.0175 e. The van der Waals surface area contributed by atoms with Crippen LogP contribution in [0.2, 0.25) is 0 Å². The second-order valence-electron chi connectivity index (χ2n) is 4.03. The van der Waals surface area contributed by atoms with Gasteiger partial charge in [-0.25, -0.2) is 0 Å². The minimum atomic E-state index is 0.558. The summed E-state index contributed by atoms with van der Waals surface area (Å²) in [6.45, 7) is 3.37. The second kappa shape index (κ2) is 8.15. The Kier molecular flexibility index (Phi) is 7.17. The number of nitrogens with one attached hydrogen (secondary N) is 1. The fourth-order valence-corrected chi connectivity index (χ4v) is 2.31.